The van der Waals surface area contributed by atoms with Gasteiger partial charge in [0, 0.05) is 32.0 Å². The fourth-order valence-electron chi connectivity index (χ4n) is 1.47. The highest BCUT2D eigenvalue weighted by Crippen LogP contribution is 2.17. The molecule has 0 bridgehead atoms. The number of nitrogens with zero attached hydrogens (tertiary/aromatic N) is 3. The van der Waals surface area contributed by atoms with E-state index in [2.05, 4.69) is 15.4 Å². The lowest BCUT2D eigenvalue weighted by Gasteiger charge is -2.24. The number of hydrogen-bond donors (Lipinski definition) is 3. The minimum absolute atomic E-state index is 0.0541. The van der Waals surface area contributed by atoms with Crippen molar-refractivity contribution in [2.24, 2.45) is 5.84 Å². The summed E-state index contributed by atoms with van der Waals surface area (Å²) in [4.78, 5) is 10.2. The second kappa shape index (κ2) is 7.00. The number of aliphatic hydroxyl groups is 1. The van der Waals surface area contributed by atoms with E-state index in [1.165, 1.54) is 0 Å². The van der Waals surface area contributed by atoms with Gasteiger partial charge in [-0.1, -0.05) is 0 Å². The van der Waals surface area contributed by atoms with Gasteiger partial charge in [-0.2, -0.15) is 4.98 Å². The predicted octanol–water partition coefficient (Wildman–Crippen LogP) is -0.484. The van der Waals surface area contributed by atoms with Crippen LogP contribution in [0.2, 0.25) is 0 Å². The molecule has 0 saturated carbocycles. The van der Waals surface area contributed by atoms with Gasteiger partial charge in [-0.15, -0.1) is 0 Å². The number of aromatic nitrogens is 2. The minimum atomic E-state index is 0.0541. The number of methoxy groups -OCH3 is 1. The molecule has 0 aliphatic heterocycles. The maximum Gasteiger partial charge on any atom is 0.239 e. The Morgan fingerprint density at radius 1 is 1.53 bits per heavy atom. The van der Waals surface area contributed by atoms with Crippen LogP contribution in [0, 0.1) is 6.92 Å². The Kier molecular flexibility index (Phi) is 5.61. The van der Waals surface area contributed by atoms with Gasteiger partial charge in [-0.05, 0) is 6.92 Å². The van der Waals surface area contributed by atoms with Crippen molar-refractivity contribution in [1.29, 1.82) is 0 Å². The van der Waals surface area contributed by atoms with E-state index in [0.717, 1.165) is 11.4 Å². The van der Waals surface area contributed by atoms with Crippen molar-refractivity contribution in [2.45, 2.75) is 6.92 Å². The van der Waals surface area contributed by atoms with Crippen LogP contribution in [-0.4, -0.2) is 48.5 Å². The first-order chi connectivity index (χ1) is 8.22. The van der Waals surface area contributed by atoms with Crippen LogP contribution in [0.5, 0.6) is 0 Å². The molecule has 1 rings (SSSR count). The molecule has 0 aromatic carbocycles. The van der Waals surface area contributed by atoms with Gasteiger partial charge in [-0.25, -0.2) is 10.8 Å². The van der Waals surface area contributed by atoms with Gasteiger partial charge in [0.1, 0.15) is 5.82 Å². The average Bonchev–Trinajstić information content (AvgIpc) is 2.35. The van der Waals surface area contributed by atoms with Crippen molar-refractivity contribution in [3.05, 3.63) is 11.8 Å². The van der Waals surface area contributed by atoms with Crippen LogP contribution in [0.1, 0.15) is 5.56 Å². The maximum atomic E-state index is 9.05. The van der Waals surface area contributed by atoms with E-state index in [1.54, 1.807) is 13.3 Å². The fourth-order valence-corrected chi connectivity index (χ4v) is 1.47. The number of nitrogens with two attached hydrogens (primary N) is 1. The second-order valence-corrected chi connectivity index (χ2v) is 3.55. The van der Waals surface area contributed by atoms with Crippen LogP contribution in [0.15, 0.2) is 6.20 Å². The minimum Gasteiger partial charge on any atom is -0.395 e. The van der Waals surface area contributed by atoms with Crippen LogP contribution < -0.4 is 16.2 Å². The molecule has 96 valence electrons. The van der Waals surface area contributed by atoms with Gasteiger partial charge in [0.2, 0.25) is 5.95 Å². The average molecular weight is 241 g/mol. The quantitative estimate of drug-likeness (QED) is 0.438. The Balaban J connectivity index is 2.90. The zero-order valence-electron chi connectivity index (χ0n) is 10.2. The first-order valence-electron chi connectivity index (χ1n) is 5.38. The normalized spacial score (nSPS) is 10.4. The van der Waals surface area contributed by atoms with Gasteiger partial charge in [-0.3, -0.25) is 5.43 Å². The Labute approximate surface area is 101 Å². The highest BCUT2D eigenvalue weighted by molar-refractivity contribution is 5.48. The Morgan fingerprint density at radius 3 is 2.88 bits per heavy atom. The van der Waals surface area contributed by atoms with Crippen molar-refractivity contribution in [1.82, 2.24) is 9.97 Å². The van der Waals surface area contributed by atoms with E-state index >= 15 is 0 Å². The van der Waals surface area contributed by atoms with E-state index in [4.69, 9.17) is 15.7 Å². The zero-order chi connectivity index (χ0) is 12.7. The van der Waals surface area contributed by atoms with Crippen molar-refractivity contribution >= 4 is 11.8 Å². The van der Waals surface area contributed by atoms with Crippen LogP contribution in [0.4, 0.5) is 11.8 Å². The number of nitrogens with one attached hydrogen (secondary N) is 1. The molecule has 1 aromatic rings. The van der Waals surface area contributed by atoms with Gasteiger partial charge in [0.25, 0.3) is 0 Å². The summed E-state index contributed by atoms with van der Waals surface area (Å²) < 4.78 is 5.03. The van der Waals surface area contributed by atoms with E-state index in [-0.39, 0.29) is 6.61 Å². The monoisotopic (exact) mass is 241 g/mol. The predicted molar refractivity (Wildman–Crippen MR) is 65.8 cm³/mol. The van der Waals surface area contributed by atoms with Gasteiger partial charge >= 0.3 is 0 Å². The number of aliphatic hydroxyl groups excluding tert-OH is 1. The number of aryl methyl sites for hydroxylation is 1. The molecule has 0 unspecified atom stereocenters. The molecule has 17 heavy (non-hydrogen) atoms. The summed E-state index contributed by atoms with van der Waals surface area (Å²) >= 11 is 0. The Bertz CT molecular complexity index is 347. The van der Waals surface area contributed by atoms with E-state index in [0.29, 0.717) is 25.6 Å². The molecule has 0 fully saturated rings. The summed E-state index contributed by atoms with van der Waals surface area (Å²) in [5, 5.41) is 9.05. The number of anilines is 2. The molecule has 0 aliphatic rings. The van der Waals surface area contributed by atoms with Crippen LogP contribution in [0.25, 0.3) is 0 Å². The zero-order valence-corrected chi connectivity index (χ0v) is 10.2. The molecule has 0 amide bonds. The van der Waals surface area contributed by atoms with E-state index in [1.807, 2.05) is 11.8 Å². The standard InChI is InChI=1S/C10H19N5O2/c1-8-7-12-10(14-11)13-9(8)15(3-5-16)4-6-17-2/h7,16H,3-6,11H2,1-2H3,(H,12,13,14). The topological polar surface area (TPSA) is 96.5 Å². The second-order valence-electron chi connectivity index (χ2n) is 3.55. The summed E-state index contributed by atoms with van der Waals surface area (Å²) in [5.74, 6) is 6.38. The largest absolute Gasteiger partial charge is 0.395 e. The molecule has 0 spiro atoms. The first kappa shape index (κ1) is 13.6. The lowest BCUT2D eigenvalue weighted by Crippen LogP contribution is -2.32. The first-order valence-corrected chi connectivity index (χ1v) is 5.38. The third-order valence-corrected chi connectivity index (χ3v) is 2.31. The lowest BCUT2D eigenvalue weighted by atomic mass is 10.3. The van der Waals surface area contributed by atoms with Crippen molar-refractivity contribution in [2.75, 3.05) is 43.7 Å². The van der Waals surface area contributed by atoms with Gasteiger partial charge in [0.05, 0.1) is 13.2 Å². The summed E-state index contributed by atoms with van der Waals surface area (Å²) in [6.45, 7) is 3.67. The molecule has 0 radical (unpaired) electrons. The highest BCUT2D eigenvalue weighted by Gasteiger charge is 2.11. The molecule has 0 atom stereocenters. The fraction of sp³-hybridized carbons (Fsp3) is 0.600. The number of hydrogen-bond acceptors (Lipinski definition) is 7. The van der Waals surface area contributed by atoms with E-state index in [9.17, 15) is 0 Å². The molecular weight excluding hydrogens is 222 g/mol. The van der Waals surface area contributed by atoms with Crippen molar-refractivity contribution in [3.8, 4) is 0 Å². The summed E-state index contributed by atoms with van der Waals surface area (Å²) in [6.07, 6.45) is 1.69. The summed E-state index contributed by atoms with van der Waals surface area (Å²) in [6, 6.07) is 0. The third kappa shape index (κ3) is 3.81. The number of hydrazine groups is 1. The molecule has 1 heterocycles. The number of nitrogen functional groups attached to an aromatic ring is 1. The van der Waals surface area contributed by atoms with Crippen LogP contribution in [0.3, 0.4) is 0 Å². The molecule has 7 heteroatoms. The Hall–Kier alpha value is -1.44. The summed E-state index contributed by atoms with van der Waals surface area (Å²) in [7, 11) is 1.64. The maximum absolute atomic E-state index is 9.05. The van der Waals surface area contributed by atoms with Crippen LogP contribution in [-0.2, 0) is 4.74 Å². The molecule has 0 saturated heterocycles. The molecule has 4 N–H and O–H groups in total. The highest BCUT2D eigenvalue weighted by atomic mass is 16.5. The number of ether oxygens (including phenoxy) is 1. The van der Waals surface area contributed by atoms with Gasteiger partial charge in [0.15, 0.2) is 0 Å². The Morgan fingerprint density at radius 2 is 2.29 bits per heavy atom. The van der Waals surface area contributed by atoms with Crippen molar-refractivity contribution < 1.29 is 9.84 Å². The van der Waals surface area contributed by atoms with E-state index < -0.39 is 0 Å². The lowest BCUT2D eigenvalue weighted by molar-refractivity contribution is 0.202. The summed E-state index contributed by atoms with van der Waals surface area (Å²) in [5.41, 5.74) is 3.33. The number of rotatable bonds is 7. The smallest absolute Gasteiger partial charge is 0.239 e. The van der Waals surface area contributed by atoms with Gasteiger partial charge < -0.3 is 14.7 Å². The molecule has 7 nitrogen and oxygen atoms in total. The SMILES string of the molecule is COCCN(CCO)c1nc(NN)ncc1C. The molecule has 1 aromatic heterocycles. The molecule has 0 aliphatic carbocycles. The third-order valence-electron chi connectivity index (χ3n) is 2.31. The van der Waals surface area contributed by atoms with Crippen LogP contribution >= 0.6 is 0 Å². The van der Waals surface area contributed by atoms with Crippen molar-refractivity contribution in [3.63, 3.8) is 0 Å². The molecular formula is C10H19N5O2.